The molecule has 1 aliphatic rings. The van der Waals surface area contributed by atoms with Gasteiger partial charge in [0.1, 0.15) is 16.7 Å². The minimum Gasteiger partial charge on any atom is -0.270 e. The van der Waals surface area contributed by atoms with Crippen LogP contribution in [0.5, 0.6) is 0 Å². The maximum atomic E-state index is 11.5. The summed E-state index contributed by atoms with van der Waals surface area (Å²) in [6, 6.07) is 5.59. The van der Waals surface area contributed by atoms with E-state index < -0.39 is 11.0 Å². The summed E-state index contributed by atoms with van der Waals surface area (Å²) in [6.07, 6.45) is 6.92. The third-order valence-electron chi connectivity index (χ3n) is 2.01. The van der Waals surface area contributed by atoms with Gasteiger partial charge in [0.25, 0.3) is 0 Å². The van der Waals surface area contributed by atoms with Crippen molar-refractivity contribution in [3.8, 4) is 0 Å². The summed E-state index contributed by atoms with van der Waals surface area (Å²) in [5.74, 6) is 0.666. The summed E-state index contributed by atoms with van der Waals surface area (Å²) < 4.78 is 13.2. The molecule has 0 fully saturated rings. The zero-order valence-electron chi connectivity index (χ0n) is 8.33. The third-order valence-corrected chi connectivity index (χ3v) is 2.96. The van der Waals surface area contributed by atoms with Gasteiger partial charge in [0, 0.05) is 18.7 Å². The topological polar surface area (TPSA) is 45.6 Å². The zero-order chi connectivity index (χ0) is 10.7. The van der Waals surface area contributed by atoms with Crippen molar-refractivity contribution in [2.75, 3.05) is 12.8 Å². The molecule has 0 aromatic carbocycles. The first-order valence-electron chi connectivity index (χ1n) is 4.54. The van der Waals surface area contributed by atoms with Crippen LogP contribution in [-0.2, 0) is 11.0 Å². The van der Waals surface area contributed by atoms with Crippen molar-refractivity contribution in [2.45, 2.75) is 0 Å². The summed E-state index contributed by atoms with van der Waals surface area (Å²) >= 11 is 0. The number of hydrogen-bond donors (Lipinski definition) is 0. The highest BCUT2D eigenvalue weighted by molar-refractivity contribution is 7.82. The van der Waals surface area contributed by atoms with Crippen LogP contribution in [0.2, 0.25) is 0 Å². The SMILES string of the molecule is CS(=O)N1CC=CN=C1c1ccccn1. The highest BCUT2D eigenvalue weighted by atomic mass is 32.2. The highest BCUT2D eigenvalue weighted by Gasteiger charge is 2.18. The fourth-order valence-electron chi connectivity index (χ4n) is 1.33. The van der Waals surface area contributed by atoms with Crippen molar-refractivity contribution in [3.05, 3.63) is 42.4 Å². The molecule has 0 bridgehead atoms. The molecule has 0 N–H and O–H groups in total. The molecule has 1 atom stereocenters. The Morgan fingerprint density at radius 1 is 1.47 bits per heavy atom. The smallest absolute Gasteiger partial charge is 0.166 e. The molecule has 0 saturated carbocycles. The van der Waals surface area contributed by atoms with E-state index in [4.69, 9.17) is 0 Å². The summed E-state index contributed by atoms with van der Waals surface area (Å²) in [5, 5.41) is 0. The fraction of sp³-hybridized carbons (Fsp3) is 0.200. The predicted octanol–water partition coefficient (Wildman–Crippen LogP) is 0.951. The molecule has 0 saturated heterocycles. The Kier molecular flexibility index (Phi) is 2.91. The Balaban J connectivity index is 2.38. The number of rotatable bonds is 2. The van der Waals surface area contributed by atoms with Crippen molar-refractivity contribution in [3.63, 3.8) is 0 Å². The lowest BCUT2D eigenvalue weighted by Crippen LogP contribution is -2.35. The number of hydrogen-bond acceptors (Lipinski definition) is 3. The molecule has 1 aromatic heterocycles. The molecule has 4 nitrogen and oxygen atoms in total. The van der Waals surface area contributed by atoms with Gasteiger partial charge in [-0.1, -0.05) is 6.07 Å². The van der Waals surface area contributed by atoms with E-state index in [0.29, 0.717) is 12.4 Å². The van der Waals surface area contributed by atoms with E-state index in [0.717, 1.165) is 5.69 Å². The van der Waals surface area contributed by atoms with Crippen LogP contribution in [0.4, 0.5) is 0 Å². The highest BCUT2D eigenvalue weighted by Crippen LogP contribution is 2.09. The van der Waals surface area contributed by atoms with Crippen molar-refractivity contribution < 1.29 is 4.21 Å². The van der Waals surface area contributed by atoms with Crippen LogP contribution in [-0.4, -0.2) is 32.1 Å². The van der Waals surface area contributed by atoms with Crippen molar-refractivity contribution in [1.82, 2.24) is 9.29 Å². The molecule has 2 rings (SSSR count). The lowest BCUT2D eigenvalue weighted by molar-refractivity contribution is 0.629. The van der Waals surface area contributed by atoms with E-state index in [1.165, 1.54) is 0 Å². The minimum absolute atomic E-state index is 0.610. The average molecular weight is 221 g/mol. The summed E-state index contributed by atoms with van der Waals surface area (Å²) in [7, 11) is -1.07. The van der Waals surface area contributed by atoms with Crippen LogP contribution in [0.15, 0.2) is 41.7 Å². The fourth-order valence-corrected chi connectivity index (χ4v) is 2.01. The Morgan fingerprint density at radius 3 is 3.00 bits per heavy atom. The van der Waals surface area contributed by atoms with E-state index in [2.05, 4.69) is 9.98 Å². The molecule has 0 aliphatic carbocycles. The maximum absolute atomic E-state index is 11.5. The molecule has 2 heterocycles. The molecule has 0 spiro atoms. The quantitative estimate of drug-likeness (QED) is 0.746. The first-order valence-corrected chi connectivity index (χ1v) is 6.06. The van der Waals surface area contributed by atoms with Gasteiger partial charge < -0.3 is 0 Å². The second kappa shape index (κ2) is 4.35. The van der Waals surface area contributed by atoms with E-state index in [1.54, 1.807) is 23.0 Å². The number of aromatic nitrogens is 1. The molecule has 78 valence electrons. The maximum Gasteiger partial charge on any atom is 0.166 e. The van der Waals surface area contributed by atoms with Gasteiger partial charge in [-0.3, -0.25) is 9.29 Å². The molecule has 5 heteroatoms. The van der Waals surface area contributed by atoms with Crippen molar-refractivity contribution >= 4 is 16.8 Å². The Bertz CT molecular complexity index is 428. The lowest BCUT2D eigenvalue weighted by Gasteiger charge is -2.22. The van der Waals surface area contributed by atoms with E-state index in [-0.39, 0.29) is 0 Å². The molecule has 1 aromatic rings. The monoisotopic (exact) mass is 221 g/mol. The third kappa shape index (κ3) is 2.12. The Labute approximate surface area is 90.9 Å². The molecule has 0 amide bonds. The van der Waals surface area contributed by atoms with Crippen molar-refractivity contribution in [2.24, 2.45) is 4.99 Å². The van der Waals surface area contributed by atoms with Crippen LogP contribution in [0, 0.1) is 0 Å². The van der Waals surface area contributed by atoms with E-state index in [1.807, 2.05) is 24.3 Å². The van der Waals surface area contributed by atoms with Crippen LogP contribution < -0.4 is 0 Å². The largest absolute Gasteiger partial charge is 0.270 e. The normalized spacial score (nSPS) is 17.4. The average Bonchev–Trinajstić information content (AvgIpc) is 2.30. The zero-order valence-corrected chi connectivity index (χ0v) is 9.15. The van der Waals surface area contributed by atoms with E-state index >= 15 is 0 Å². The van der Waals surface area contributed by atoms with Gasteiger partial charge in [-0.05, 0) is 18.2 Å². The van der Waals surface area contributed by atoms with Crippen LogP contribution >= 0.6 is 0 Å². The summed E-state index contributed by atoms with van der Waals surface area (Å²) in [4.78, 5) is 8.40. The lowest BCUT2D eigenvalue weighted by atomic mass is 10.3. The molecule has 1 aliphatic heterocycles. The molecule has 0 radical (unpaired) electrons. The van der Waals surface area contributed by atoms with Gasteiger partial charge in [-0.25, -0.2) is 9.20 Å². The second-order valence-electron chi connectivity index (χ2n) is 3.04. The second-order valence-corrected chi connectivity index (χ2v) is 4.33. The molecular formula is C10H11N3OS. The summed E-state index contributed by atoms with van der Waals surface area (Å²) in [6.45, 7) is 0.610. The Morgan fingerprint density at radius 2 is 2.33 bits per heavy atom. The van der Waals surface area contributed by atoms with Gasteiger partial charge in [-0.2, -0.15) is 0 Å². The van der Waals surface area contributed by atoms with Crippen LogP contribution in [0.3, 0.4) is 0 Å². The van der Waals surface area contributed by atoms with Gasteiger partial charge in [0.05, 0.1) is 6.54 Å². The molecule has 1 unspecified atom stereocenters. The van der Waals surface area contributed by atoms with Gasteiger partial charge in [0.15, 0.2) is 5.84 Å². The number of nitrogens with zero attached hydrogens (tertiary/aromatic N) is 3. The minimum atomic E-state index is -1.07. The number of amidine groups is 1. The first kappa shape index (κ1) is 10.0. The van der Waals surface area contributed by atoms with Gasteiger partial charge >= 0.3 is 0 Å². The van der Waals surface area contributed by atoms with Crippen LogP contribution in [0.25, 0.3) is 0 Å². The molecular weight excluding hydrogens is 210 g/mol. The summed E-state index contributed by atoms with van der Waals surface area (Å²) in [5.41, 5.74) is 0.747. The number of pyridine rings is 1. The number of aliphatic imine (C=N–C) groups is 1. The van der Waals surface area contributed by atoms with Crippen LogP contribution in [0.1, 0.15) is 5.69 Å². The Hall–Kier alpha value is -1.49. The van der Waals surface area contributed by atoms with Crippen molar-refractivity contribution in [1.29, 1.82) is 0 Å². The molecule has 15 heavy (non-hydrogen) atoms. The standard InChI is InChI=1S/C10H11N3OS/c1-15(14)13-8-4-7-12-10(13)9-5-2-3-6-11-9/h2-7H,8H2,1H3. The van der Waals surface area contributed by atoms with E-state index in [9.17, 15) is 4.21 Å². The van der Waals surface area contributed by atoms with Gasteiger partial charge in [-0.15, -0.1) is 0 Å². The van der Waals surface area contributed by atoms with Gasteiger partial charge in [0.2, 0.25) is 0 Å². The predicted molar refractivity (Wildman–Crippen MR) is 60.7 cm³/mol. The first-order chi connectivity index (χ1) is 7.29.